The summed E-state index contributed by atoms with van der Waals surface area (Å²) < 4.78 is 16.2. The molecule has 0 saturated carbocycles. The predicted octanol–water partition coefficient (Wildman–Crippen LogP) is 1.86. The zero-order valence-corrected chi connectivity index (χ0v) is 16.4. The molecule has 0 spiro atoms. The molecule has 0 bridgehead atoms. The van der Waals surface area contributed by atoms with Gasteiger partial charge in [0, 0.05) is 44.8 Å². The topological polar surface area (TPSA) is 71.2 Å². The van der Waals surface area contributed by atoms with E-state index in [-0.39, 0.29) is 6.61 Å². The minimum absolute atomic E-state index is 0.250. The van der Waals surface area contributed by atoms with Crippen LogP contribution in [0.2, 0.25) is 0 Å². The molecule has 1 aliphatic heterocycles. The van der Waals surface area contributed by atoms with Crippen molar-refractivity contribution in [3.63, 3.8) is 0 Å². The Hall–Kier alpha value is -2.09. The van der Waals surface area contributed by atoms with Crippen LogP contribution in [-0.2, 0) is 6.54 Å². The van der Waals surface area contributed by atoms with Crippen LogP contribution in [-0.4, -0.2) is 72.6 Å². The maximum atomic E-state index is 10.3. The zero-order valence-electron chi connectivity index (χ0n) is 16.4. The third-order valence-electron chi connectivity index (χ3n) is 5.00. The molecule has 2 aromatic rings. The number of aliphatic hydroxyl groups is 1. The molecule has 1 atom stereocenters. The number of aliphatic hydroxyl groups excluding tert-OH is 1. The van der Waals surface area contributed by atoms with E-state index in [9.17, 15) is 5.11 Å². The molecule has 7 heteroatoms. The minimum atomic E-state index is -0.538. The Labute approximate surface area is 160 Å². The first-order valence-corrected chi connectivity index (χ1v) is 9.37. The van der Waals surface area contributed by atoms with E-state index in [2.05, 4.69) is 15.0 Å². The first-order chi connectivity index (χ1) is 13.1. The lowest BCUT2D eigenvalue weighted by Crippen LogP contribution is -2.48. The van der Waals surface area contributed by atoms with Crippen LogP contribution in [0.5, 0.6) is 11.5 Å². The van der Waals surface area contributed by atoms with Crippen molar-refractivity contribution in [2.75, 3.05) is 46.4 Å². The second-order valence-electron chi connectivity index (χ2n) is 7.00. The molecule has 27 heavy (non-hydrogen) atoms. The number of rotatable bonds is 8. The lowest BCUT2D eigenvalue weighted by molar-refractivity contribution is 0.0439. The highest BCUT2D eigenvalue weighted by molar-refractivity contribution is 5.39. The SMILES string of the molecule is COc1ccccc1OC[C@@H](O)CN1CCN(Cc2c(C)noc2C)CC1. The molecule has 148 valence electrons. The van der Waals surface area contributed by atoms with Crippen LogP contribution in [0.3, 0.4) is 0 Å². The average molecular weight is 375 g/mol. The second-order valence-corrected chi connectivity index (χ2v) is 7.00. The number of hydrogen-bond donors (Lipinski definition) is 1. The first kappa shape index (κ1) is 19.7. The van der Waals surface area contributed by atoms with Gasteiger partial charge in [0.15, 0.2) is 11.5 Å². The molecule has 0 amide bonds. The van der Waals surface area contributed by atoms with Gasteiger partial charge >= 0.3 is 0 Å². The normalized spacial score (nSPS) is 17.0. The maximum absolute atomic E-state index is 10.3. The van der Waals surface area contributed by atoms with Crippen LogP contribution < -0.4 is 9.47 Å². The molecule has 1 aromatic heterocycles. The molecule has 1 N–H and O–H groups in total. The Morgan fingerprint density at radius 1 is 1.11 bits per heavy atom. The average Bonchev–Trinajstić information content (AvgIpc) is 3.00. The van der Waals surface area contributed by atoms with Gasteiger partial charge in [-0.05, 0) is 26.0 Å². The van der Waals surface area contributed by atoms with E-state index in [1.807, 2.05) is 38.1 Å². The molecule has 0 radical (unpaired) electrons. The molecule has 0 aliphatic carbocycles. The van der Waals surface area contributed by atoms with Gasteiger partial charge in [-0.25, -0.2) is 0 Å². The van der Waals surface area contributed by atoms with E-state index in [1.54, 1.807) is 7.11 Å². The number of hydrogen-bond acceptors (Lipinski definition) is 7. The smallest absolute Gasteiger partial charge is 0.161 e. The fourth-order valence-electron chi connectivity index (χ4n) is 3.36. The Kier molecular flexibility index (Phi) is 6.71. The number of aromatic nitrogens is 1. The largest absolute Gasteiger partial charge is 0.493 e. The summed E-state index contributed by atoms with van der Waals surface area (Å²) in [6.45, 7) is 9.45. The minimum Gasteiger partial charge on any atom is -0.493 e. The van der Waals surface area contributed by atoms with Crippen LogP contribution in [0, 0.1) is 13.8 Å². The highest BCUT2D eigenvalue weighted by Gasteiger charge is 2.21. The molecule has 0 unspecified atom stereocenters. The van der Waals surface area contributed by atoms with Gasteiger partial charge in [-0.1, -0.05) is 17.3 Å². The van der Waals surface area contributed by atoms with E-state index in [0.29, 0.717) is 18.0 Å². The molecule has 1 aromatic carbocycles. The van der Waals surface area contributed by atoms with Crippen molar-refractivity contribution in [1.82, 2.24) is 15.0 Å². The number of ether oxygens (including phenoxy) is 2. The molecular weight excluding hydrogens is 346 g/mol. The van der Waals surface area contributed by atoms with Crippen molar-refractivity contribution in [1.29, 1.82) is 0 Å². The summed E-state index contributed by atoms with van der Waals surface area (Å²) in [5.41, 5.74) is 2.16. The number of piperazine rings is 1. The van der Waals surface area contributed by atoms with Crippen molar-refractivity contribution < 1.29 is 19.1 Å². The lowest BCUT2D eigenvalue weighted by Gasteiger charge is -2.35. The summed E-state index contributed by atoms with van der Waals surface area (Å²) in [7, 11) is 1.61. The van der Waals surface area contributed by atoms with E-state index in [0.717, 1.165) is 44.2 Å². The fourth-order valence-corrected chi connectivity index (χ4v) is 3.36. The molecule has 1 aliphatic rings. The van der Waals surface area contributed by atoms with Crippen molar-refractivity contribution in [2.24, 2.45) is 0 Å². The van der Waals surface area contributed by atoms with Crippen LogP contribution in [0.15, 0.2) is 28.8 Å². The Morgan fingerprint density at radius 2 is 1.78 bits per heavy atom. The van der Waals surface area contributed by atoms with Gasteiger partial charge in [0.05, 0.1) is 12.8 Å². The Morgan fingerprint density at radius 3 is 2.41 bits per heavy atom. The molecule has 1 fully saturated rings. The monoisotopic (exact) mass is 375 g/mol. The number of benzene rings is 1. The fraction of sp³-hybridized carbons (Fsp3) is 0.550. The summed E-state index contributed by atoms with van der Waals surface area (Å²) in [5, 5.41) is 14.4. The third-order valence-corrected chi connectivity index (χ3v) is 5.00. The van der Waals surface area contributed by atoms with E-state index in [1.165, 1.54) is 5.56 Å². The van der Waals surface area contributed by atoms with Crippen LogP contribution >= 0.6 is 0 Å². The van der Waals surface area contributed by atoms with Gasteiger partial charge in [-0.3, -0.25) is 9.80 Å². The summed E-state index contributed by atoms with van der Waals surface area (Å²) >= 11 is 0. The standard InChI is InChI=1S/C20H29N3O4/c1-15-18(16(2)27-21-15)13-23-10-8-22(9-11-23)12-17(24)14-26-20-7-5-4-6-19(20)25-3/h4-7,17,24H,8-14H2,1-3H3/t17-/m0/s1. The predicted molar refractivity (Wildman–Crippen MR) is 102 cm³/mol. The molecule has 2 heterocycles. The van der Waals surface area contributed by atoms with Gasteiger partial charge in [-0.2, -0.15) is 0 Å². The van der Waals surface area contributed by atoms with E-state index >= 15 is 0 Å². The van der Waals surface area contributed by atoms with E-state index in [4.69, 9.17) is 14.0 Å². The van der Waals surface area contributed by atoms with Crippen molar-refractivity contribution in [2.45, 2.75) is 26.5 Å². The van der Waals surface area contributed by atoms with Gasteiger partial charge in [0.2, 0.25) is 0 Å². The molecular formula is C20H29N3O4. The summed E-state index contributed by atoms with van der Waals surface area (Å²) in [4.78, 5) is 4.68. The van der Waals surface area contributed by atoms with Crippen LogP contribution in [0.25, 0.3) is 0 Å². The Balaban J connectivity index is 1.41. The summed E-state index contributed by atoms with van der Waals surface area (Å²) in [5.74, 6) is 2.24. The number of β-amino-alcohol motifs (C(OH)–C–C–N with tert-alkyl or cyclic N) is 1. The van der Waals surface area contributed by atoms with E-state index < -0.39 is 6.10 Å². The van der Waals surface area contributed by atoms with Crippen molar-refractivity contribution in [3.8, 4) is 11.5 Å². The number of aryl methyl sites for hydroxylation is 2. The summed E-state index contributed by atoms with van der Waals surface area (Å²) in [6.07, 6.45) is -0.538. The summed E-state index contributed by atoms with van der Waals surface area (Å²) in [6, 6.07) is 7.48. The highest BCUT2D eigenvalue weighted by atomic mass is 16.5. The number of methoxy groups -OCH3 is 1. The van der Waals surface area contributed by atoms with Gasteiger partial charge in [-0.15, -0.1) is 0 Å². The first-order valence-electron chi connectivity index (χ1n) is 9.37. The highest BCUT2D eigenvalue weighted by Crippen LogP contribution is 2.25. The lowest BCUT2D eigenvalue weighted by atomic mass is 10.1. The second kappa shape index (κ2) is 9.21. The molecule has 1 saturated heterocycles. The third kappa shape index (κ3) is 5.22. The van der Waals surface area contributed by atoms with Crippen LogP contribution in [0.1, 0.15) is 17.0 Å². The van der Waals surface area contributed by atoms with Crippen molar-refractivity contribution >= 4 is 0 Å². The quantitative estimate of drug-likeness (QED) is 0.755. The zero-order chi connectivity index (χ0) is 19.2. The maximum Gasteiger partial charge on any atom is 0.161 e. The number of para-hydroxylation sites is 2. The van der Waals surface area contributed by atoms with Crippen molar-refractivity contribution in [3.05, 3.63) is 41.3 Å². The Bertz CT molecular complexity index is 706. The molecule has 7 nitrogen and oxygen atoms in total. The number of nitrogens with zero attached hydrogens (tertiary/aromatic N) is 3. The van der Waals surface area contributed by atoms with Crippen LogP contribution in [0.4, 0.5) is 0 Å². The van der Waals surface area contributed by atoms with Gasteiger partial charge in [0.25, 0.3) is 0 Å². The van der Waals surface area contributed by atoms with Gasteiger partial charge < -0.3 is 19.1 Å². The van der Waals surface area contributed by atoms with Gasteiger partial charge in [0.1, 0.15) is 18.5 Å². The molecule has 3 rings (SSSR count).